The first-order chi connectivity index (χ1) is 18.9. The highest BCUT2D eigenvalue weighted by molar-refractivity contribution is 7.15. The van der Waals surface area contributed by atoms with Gasteiger partial charge in [0, 0.05) is 4.88 Å². The van der Waals surface area contributed by atoms with E-state index >= 15 is 0 Å². The van der Waals surface area contributed by atoms with Crippen LogP contribution in [0, 0.1) is 25.7 Å². The smallest absolute Gasteiger partial charge is 0.296 e. The molecule has 0 spiro atoms. The van der Waals surface area contributed by atoms with Gasteiger partial charge in [-0.3, -0.25) is 14.5 Å². The van der Waals surface area contributed by atoms with Gasteiger partial charge in [0.1, 0.15) is 12.7 Å². The molecule has 1 aliphatic carbocycles. The van der Waals surface area contributed by atoms with E-state index in [1.54, 1.807) is 12.0 Å². The maximum atomic E-state index is 14.1. The number of aryl methyl sites for hydroxylation is 2. The van der Waals surface area contributed by atoms with Crippen molar-refractivity contribution in [2.24, 2.45) is 11.8 Å². The minimum atomic E-state index is -0.653. The fourth-order valence-corrected chi connectivity index (χ4v) is 6.79. The molecule has 4 atom stereocenters. The first-order valence-electron chi connectivity index (χ1n) is 13.4. The number of fused-ring (bicyclic) bond motifs is 1. The Labute approximate surface area is 232 Å². The van der Waals surface area contributed by atoms with Crippen molar-refractivity contribution < 1.29 is 23.8 Å². The molecule has 7 nitrogen and oxygen atoms in total. The molecule has 1 aromatic heterocycles. The van der Waals surface area contributed by atoms with Gasteiger partial charge in [-0.25, -0.2) is 4.98 Å². The SMILES string of the molecule is COc1cc(C2C3=C(OC4CCC(C)CC4C3=O)C(=O)N2c2nc(C)c(C)s2)ccc1OCc1ccccc1. The van der Waals surface area contributed by atoms with Gasteiger partial charge in [-0.2, -0.15) is 0 Å². The van der Waals surface area contributed by atoms with Crippen LogP contribution in [0.1, 0.15) is 53.9 Å². The molecule has 8 heteroatoms. The first-order valence-corrected chi connectivity index (χ1v) is 14.2. The molecule has 4 unspecified atom stereocenters. The Balaban J connectivity index is 1.41. The van der Waals surface area contributed by atoms with E-state index in [1.165, 1.54) is 11.3 Å². The number of aromatic nitrogens is 1. The monoisotopic (exact) mass is 544 g/mol. The van der Waals surface area contributed by atoms with Gasteiger partial charge in [0.05, 0.1) is 30.3 Å². The fourth-order valence-electron chi connectivity index (χ4n) is 5.86. The average Bonchev–Trinajstić information content (AvgIpc) is 3.43. The molecular formula is C31H32N2O5S. The van der Waals surface area contributed by atoms with E-state index in [0.29, 0.717) is 34.7 Å². The number of thiazole rings is 1. The van der Waals surface area contributed by atoms with E-state index in [2.05, 4.69) is 6.92 Å². The zero-order valence-electron chi connectivity index (χ0n) is 22.6. The largest absolute Gasteiger partial charge is 0.493 e. The van der Waals surface area contributed by atoms with Crippen molar-refractivity contribution in [3.8, 4) is 11.5 Å². The summed E-state index contributed by atoms with van der Waals surface area (Å²) in [5, 5.41) is 0.561. The summed E-state index contributed by atoms with van der Waals surface area (Å²) in [4.78, 5) is 35.3. The molecule has 0 saturated heterocycles. The van der Waals surface area contributed by atoms with Gasteiger partial charge in [0.15, 0.2) is 28.2 Å². The summed E-state index contributed by atoms with van der Waals surface area (Å²) in [6, 6.07) is 14.9. The molecule has 1 saturated carbocycles. The number of Topliss-reactive ketones (excluding diaryl/α,β-unsaturated/α-hetero) is 1. The van der Waals surface area contributed by atoms with Crippen LogP contribution in [0.15, 0.2) is 59.9 Å². The van der Waals surface area contributed by atoms with Crippen LogP contribution < -0.4 is 14.4 Å². The van der Waals surface area contributed by atoms with Crippen LogP contribution >= 0.6 is 11.3 Å². The molecule has 202 valence electrons. The quantitative estimate of drug-likeness (QED) is 0.374. The van der Waals surface area contributed by atoms with E-state index in [9.17, 15) is 9.59 Å². The van der Waals surface area contributed by atoms with Gasteiger partial charge in [0.2, 0.25) is 0 Å². The second-order valence-corrected chi connectivity index (χ2v) is 11.9. The molecule has 3 aromatic rings. The van der Waals surface area contributed by atoms with Crippen LogP contribution in [-0.2, 0) is 20.9 Å². The van der Waals surface area contributed by atoms with Crippen molar-refractivity contribution in [2.75, 3.05) is 12.0 Å². The lowest BCUT2D eigenvalue weighted by Gasteiger charge is -2.37. The number of amides is 1. The molecule has 0 bridgehead atoms. The lowest BCUT2D eigenvalue weighted by molar-refractivity contribution is -0.132. The van der Waals surface area contributed by atoms with Gasteiger partial charge in [0.25, 0.3) is 5.91 Å². The van der Waals surface area contributed by atoms with Gasteiger partial charge in [-0.05, 0) is 62.3 Å². The van der Waals surface area contributed by atoms with E-state index in [0.717, 1.165) is 41.0 Å². The molecule has 3 aliphatic rings. The van der Waals surface area contributed by atoms with E-state index in [4.69, 9.17) is 19.2 Å². The van der Waals surface area contributed by atoms with Crippen molar-refractivity contribution in [2.45, 2.75) is 58.8 Å². The number of hydrogen-bond donors (Lipinski definition) is 0. The van der Waals surface area contributed by atoms with Crippen LogP contribution in [0.2, 0.25) is 0 Å². The van der Waals surface area contributed by atoms with Crippen LogP contribution in [0.25, 0.3) is 0 Å². The standard InChI is InChI=1S/C31H32N2O5S/c1-17-10-12-23-22(14-17)28(34)26-27(33(30(35)29(26)38-23)31-32-18(2)19(3)39-31)21-11-13-24(25(15-21)36-4)37-16-20-8-6-5-7-9-20/h5-9,11,13,15,17,22-23,27H,10,12,14,16H2,1-4H3. The third-order valence-corrected chi connectivity index (χ3v) is 9.15. The molecule has 1 fully saturated rings. The molecule has 0 radical (unpaired) electrons. The second kappa shape index (κ2) is 10.2. The predicted molar refractivity (Wildman–Crippen MR) is 149 cm³/mol. The number of rotatable bonds is 6. The molecule has 6 rings (SSSR count). The number of anilines is 1. The molecule has 1 amide bonds. The molecule has 2 aliphatic heterocycles. The van der Waals surface area contributed by atoms with E-state index in [-0.39, 0.29) is 29.5 Å². The van der Waals surface area contributed by atoms with Gasteiger partial charge in [-0.15, -0.1) is 11.3 Å². The highest BCUT2D eigenvalue weighted by Gasteiger charge is 2.53. The Morgan fingerprint density at radius 3 is 2.59 bits per heavy atom. The Morgan fingerprint density at radius 2 is 1.87 bits per heavy atom. The predicted octanol–water partition coefficient (Wildman–Crippen LogP) is 6.09. The lowest BCUT2D eigenvalue weighted by atomic mass is 9.74. The summed E-state index contributed by atoms with van der Waals surface area (Å²) in [6.45, 7) is 6.49. The molecule has 3 heterocycles. The number of carbonyl (C=O) groups excluding carboxylic acids is 2. The molecular weight excluding hydrogens is 512 g/mol. The van der Waals surface area contributed by atoms with Crippen molar-refractivity contribution in [3.05, 3.63) is 81.6 Å². The van der Waals surface area contributed by atoms with Gasteiger partial charge < -0.3 is 14.2 Å². The van der Waals surface area contributed by atoms with Crippen molar-refractivity contribution >= 4 is 28.2 Å². The van der Waals surface area contributed by atoms with Crippen molar-refractivity contribution in [3.63, 3.8) is 0 Å². The number of carbonyl (C=O) groups is 2. The summed E-state index contributed by atoms with van der Waals surface area (Å²) >= 11 is 1.45. The Morgan fingerprint density at radius 1 is 1.08 bits per heavy atom. The lowest BCUT2D eigenvalue weighted by Crippen LogP contribution is -2.41. The van der Waals surface area contributed by atoms with Gasteiger partial charge in [-0.1, -0.05) is 43.3 Å². The number of ether oxygens (including phenoxy) is 3. The molecule has 0 N–H and O–H groups in total. The number of ketones is 1. The topological polar surface area (TPSA) is 78.0 Å². The number of methoxy groups -OCH3 is 1. The van der Waals surface area contributed by atoms with Gasteiger partial charge >= 0.3 is 0 Å². The number of nitrogens with zero attached hydrogens (tertiary/aromatic N) is 2. The molecule has 39 heavy (non-hydrogen) atoms. The minimum Gasteiger partial charge on any atom is -0.493 e. The van der Waals surface area contributed by atoms with Crippen LogP contribution in [0.3, 0.4) is 0 Å². The third kappa shape index (κ3) is 4.50. The summed E-state index contributed by atoms with van der Waals surface area (Å²) in [5.41, 5.74) is 3.09. The number of benzene rings is 2. The summed E-state index contributed by atoms with van der Waals surface area (Å²) in [7, 11) is 1.59. The second-order valence-electron chi connectivity index (χ2n) is 10.7. The first kappa shape index (κ1) is 25.6. The summed E-state index contributed by atoms with van der Waals surface area (Å²) < 4.78 is 18.1. The average molecular weight is 545 g/mol. The zero-order chi connectivity index (χ0) is 27.3. The van der Waals surface area contributed by atoms with Crippen LogP contribution in [0.5, 0.6) is 11.5 Å². The molecule has 2 aromatic carbocycles. The minimum absolute atomic E-state index is 0.0158. The third-order valence-electron chi connectivity index (χ3n) is 8.07. The number of hydrogen-bond acceptors (Lipinski definition) is 7. The zero-order valence-corrected chi connectivity index (χ0v) is 23.4. The van der Waals surface area contributed by atoms with Crippen molar-refractivity contribution in [1.29, 1.82) is 0 Å². The normalized spacial score (nSPS) is 24.4. The Bertz CT molecular complexity index is 1440. The van der Waals surface area contributed by atoms with Crippen LogP contribution in [-0.4, -0.2) is 29.9 Å². The highest BCUT2D eigenvalue weighted by Crippen LogP contribution is 2.50. The Hall–Kier alpha value is -3.65. The fraction of sp³-hybridized carbons (Fsp3) is 0.387. The van der Waals surface area contributed by atoms with Crippen molar-refractivity contribution in [1.82, 2.24) is 4.98 Å². The maximum Gasteiger partial charge on any atom is 0.296 e. The van der Waals surface area contributed by atoms with E-state index in [1.807, 2.05) is 62.4 Å². The van der Waals surface area contributed by atoms with Crippen LogP contribution in [0.4, 0.5) is 5.13 Å². The summed E-state index contributed by atoms with van der Waals surface area (Å²) in [5.74, 6) is 1.21. The maximum absolute atomic E-state index is 14.1. The summed E-state index contributed by atoms with van der Waals surface area (Å²) in [6.07, 6.45) is 2.29. The Kier molecular flexibility index (Phi) is 6.67. The van der Waals surface area contributed by atoms with E-state index < -0.39 is 6.04 Å². The highest BCUT2D eigenvalue weighted by atomic mass is 32.1.